The fraction of sp³-hybridized carbons (Fsp3) is 0.500. The molecule has 2 fully saturated rings. The number of alkyl carbamates (subject to hydrolysis) is 1. The zero-order valence-electron chi connectivity index (χ0n) is 10.7. The topological polar surface area (TPSA) is 50.9 Å². The molecule has 0 aromatic heterocycles. The smallest absolute Gasteiger partial charge is 0.408 e. The summed E-state index contributed by atoms with van der Waals surface area (Å²) in [6, 6.07) is 6.46. The molecule has 2 saturated heterocycles. The predicted octanol–water partition coefficient (Wildman–Crippen LogP) is 2.33. The van der Waals surface area contributed by atoms with E-state index in [1.807, 2.05) is 6.92 Å². The minimum atomic E-state index is -0.932. The highest BCUT2D eigenvalue weighted by Gasteiger charge is 2.52. The number of carbonyl (C=O) groups excluding carboxylic acids is 1. The number of cyclic esters (lactones) is 1. The van der Waals surface area contributed by atoms with E-state index >= 15 is 0 Å². The Labute approximate surface area is 110 Å². The van der Waals surface area contributed by atoms with Gasteiger partial charge in [0, 0.05) is 24.9 Å². The predicted molar refractivity (Wildman–Crippen MR) is 66.2 cm³/mol. The van der Waals surface area contributed by atoms with Gasteiger partial charge in [0.05, 0.1) is 12.2 Å². The van der Waals surface area contributed by atoms with Crippen molar-refractivity contribution in [2.75, 3.05) is 13.2 Å². The first kappa shape index (κ1) is 12.4. The average molecular weight is 265 g/mol. The molecule has 1 unspecified atom stereocenters. The summed E-state index contributed by atoms with van der Waals surface area (Å²) in [5.74, 6) is -0.346. The second kappa shape index (κ2) is 4.20. The molecule has 2 aliphatic rings. The number of epoxide rings is 1. The molecule has 2 atom stereocenters. The molecule has 5 heteroatoms. The quantitative estimate of drug-likeness (QED) is 0.853. The first-order valence-electron chi connectivity index (χ1n) is 6.39. The van der Waals surface area contributed by atoms with E-state index in [2.05, 4.69) is 5.32 Å². The molecular formula is C14H16FNO3. The molecule has 0 aliphatic carbocycles. The van der Waals surface area contributed by atoms with E-state index in [0.717, 1.165) is 0 Å². The summed E-state index contributed by atoms with van der Waals surface area (Å²) in [6.07, 6.45) is 0.520. The van der Waals surface area contributed by atoms with Crippen molar-refractivity contribution in [1.29, 1.82) is 0 Å². The van der Waals surface area contributed by atoms with Gasteiger partial charge in [-0.05, 0) is 13.0 Å². The van der Waals surface area contributed by atoms with Crippen molar-refractivity contribution >= 4 is 6.09 Å². The van der Waals surface area contributed by atoms with Crippen molar-refractivity contribution in [3.05, 3.63) is 35.6 Å². The van der Waals surface area contributed by atoms with Crippen LogP contribution in [-0.4, -0.2) is 24.8 Å². The molecule has 1 N–H and O–H groups in total. The monoisotopic (exact) mass is 265 g/mol. The molecule has 0 bridgehead atoms. The number of amides is 1. The van der Waals surface area contributed by atoms with Gasteiger partial charge in [-0.25, -0.2) is 9.18 Å². The van der Waals surface area contributed by atoms with Crippen LogP contribution in [0, 0.1) is 5.82 Å². The van der Waals surface area contributed by atoms with Crippen LogP contribution in [0.1, 0.15) is 25.3 Å². The zero-order valence-corrected chi connectivity index (χ0v) is 10.7. The molecule has 1 aromatic carbocycles. The maximum atomic E-state index is 14.1. The molecule has 19 heavy (non-hydrogen) atoms. The lowest BCUT2D eigenvalue weighted by atomic mass is 9.81. The second-order valence-corrected chi connectivity index (χ2v) is 5.46. The number of halogens is 1. The minimum Gasteiger partial charge on any atom is -0.438 e. The van der Waals surface area contributed by atoms with Gasteiger partial charge in [0.1, 0.15) is 11.4 Å². The van der Waals surface area contributed by atoms with Gasteiger partial charge in [-0.3, -0.25) is 0 Å². The maximum Gasteiger partial charge on any atom is 0.408 e. The molecule has 1 aromatic rings. The normalized spacial score (nSPS) is 33.5. The minimum absolute atomic E-state index is 0.320. The van der Waals surface area contributed by atoms with E-state index in [1.54, 1.807) is 18.2 Å². The van der Waals surface area contributed by atoms with E-state index in [0.29, 0.717) is 31.6 Å². The highest BCUT2D eigenvalue weighted by molar-refractivity contribution is 5.69. The number of hydrogen-bond donors (Lipinski definition) is 1. The number of rotatable bonds is 3. The van der Waals surface area contributed by atoms with Gasteiger partial charge in [-0.1, -0.05) is 18.2 Å². The second-order valence-electron chi connectivity index (χ2n) is 5.46. The highest BCUT2D eigenvalue weighted by Crippen LogP contribution is 2.45. The van der Waals surface area contributed by atoms with Crippen molar-refractivity contribution in [1.82, 2.24) is 5.32 Å². The van der Waals surface area contributed by atoms with Crippen LogP contribution >= 0.6 is 0 Å². The number of hydrogen-bond acceptors (Lipinski definition) is 3. The first-order valence-corrected chi connectivity index (χ1v) is 6.39. The molecule has 102 valence electrons. The Hall–Kier alpha value is -1.62. The Bertz CT molecular complexity index is 515. The van der Waals surface area contributed by atoms with Crippen LogP contribution < -0.4 is 5.32 Å². The summed E-state index contributed by atoms with van der Waals surface area (Å²) in [5, 5.41) is 2.61. The third kappa shape index (κ3) is 2.30. The third-order valence-electron chi connectivity index (χ3n) is 3.75. The summed E-state index contributed by atoms with van der Waals surface area (Å²) in [7, 11) is 0. The highest BCUT2D eigenvalue weighted by atomic mass is 19.1. The largest absolute Gasteiger partial charge is 0.438 e. The van der Waals surface area contributed by atoms with Crippen LogP contribution in [0.5, 0.6) is 0 Å². The molecule has 0 spiro atoms. The van der Waals surface area contributed by atoms with Gasteiger partial charge < -0.3 is 14.8 Å². The van der Waals surface area contributed by atoms with Gasteiger partial charge in [-0.15, -0.1) is 0 Å². The van der Waals surface area contributed by atoms with Crippen molar-refractivity contribution in [3.8, 4) is 0 Å². The Morgan fingerprint density at radius 3 is 2.79 bits per heavy atom. The fourth-order valence-electron chi connectivity index (χ4n) is 2.70. The average Bonchev–Trinajstić information content (AvgIpc) is 3.07. The zero-order chi connectivity index (χ0) is 13.5. The van der Waals surface area contributed by atoms with Gasteiger partial charge >= 0.3 is 6.09 Å². The number of benzene rings is 1. The molecule has 2 aliphatic heterocycles. The lowest BCUT2D eigenvalue weighted by molar-refractivity contribution is -0.0392. The van der Waals surface area contributed by atoms with Crippen LogP contribution in [0.2, 0.25) is 0 Å². The summed E-state index contributed by atoms with van der Waals surface area (Å²) < 4.78 is 25.0. The van der Waals surface area contributed by atoms with Gasteiger partial charge in [0.2, 0.25) is 0 Å². The van der Waals surface area contributed by atoms with Crippen LogP contribution in [0.25, 0.3) is 0 Å². The molecular weight excluding hydrogens is 249 g/mol. The third-order valence-corrected chi connectivity index (χ3v) is 3.75. The van der Waals surface area contributed by atoms with Gasteiger partial charge in [0.15, 0.2) is 0 Å². The van der Waals surface area contributed by atoms with E-state index in [-0.39, 0.29) is 11.4 Å². The molecule has 2 heterocycles. The Kier molecular flexibility index (Phi) is 2.74. The van der Waals surface area contributed by atoms with Gasteiger partial charge in [-0.2, -0.15) is 0 Å². The maximum absolute atomic E-state index is 14.1. The summed E-state index contributed by atoms with van der Waals surface area (Å²) in [4.78, 5) is 11.6. The number of ether oxygens (including phenoxy) is 2. The summed E-state index contributed by atoms with van der Waals surface area (Å²) in [6.45, 7) is 3.04. The van der Waals surface area contributed by atoms with E-state index < -0.39 is 11.7 Å². The van der Waals surface area contributed by atoms with Crippen molar-refractivity contribution in [3.63, 3.8) is 0 Å². The Morgan fingerprint density at radius 2 is 2.16 bits per heavy atom. The number of carbonyl (C=O) groups is 1. The molecule has 4 nitrogen and oxygen atoms in total. The standard InChI is InChI=1S/C14H16FNO3/c1-13(9-18-13)8-14(6-7-16-12(17)19-14)10-4-2-3-5-11(10)15/h2-5H,6-9H2,1H3,(H,16,17)/t13?,14-/m0/s1. The van der Waals surface area contributed by atoms with E-state index in [1.165, 1.54) is 6.07 Å². The summed E-state index contributed by atoms with van der Waals surface area (Å²) >= 11 is 0. The van der Waals surface area contributed by atoms with Crippen molar-refractivity contribution < 1.29 is 18.7 Å². The molecule has 3 rings (SSSR count). The SMILES string of the molecule is CC1(C[C@]2(c3ccccc3F)CCNC(=O)O2)CO1. The van der Waals surface area contributed by atoms with Crippen molar-refractivity contribution in [2.45, 2.75) is 31.0 Å². The lowest BCUT2D eigenvalue weighted by Crippen LogP contribution is -2.47. The lowest BCUT2D eigenvalue weighted by Gasteiger charge is -2.38. The molecule has 1 amide bonds. The Morgan fingerprint density at radius 1 is 1.42 bits per heavy atom. The van der Waals surface area contributed by atoms with Gasteiger partial charge in [0.25, 0.3) is 0 Å². The summed E-state index contributed by atoms with van der Waals surface area (Å²) in [5.41, 5.74) is -0.819. The fourth-order valence-corrected chi connectivity index (χ4v) is 2.70. The van der Waals surface area contributed by atoms with E-state index in [4.69, 9.17) is 9.47 Å². The Balaban J connectivity index is 2.00. The van der Waals surface area contributed by atoms with Crippen LogP contribution in [0.4, 0.5) is 9.18 Å². The van der Waals surface area contributed by atoms with Crippen LogP contribution in [0.3, 0.4) is 0 Å². The van der Waals surface area contributed by atoms with Crippen LogP contribution in [0.15, 0.2) is 24.3 Å². The van der Waals surface area contributed by atoms with E-state index in [9.17, 15) is 9.18 Å². The molecule has 0 radical (unpaired) electrons. The first-order chi connectivity index (χ1) is 9.03. The van der Waals surface area contributed by atoms with Crippen molar-refractivity contribution in [2.24, 2.45) is 0 Å². The van der Waals surface area contributed by atoms with Crippen LogP contribution in [-0.2, 0) is 15.1 Å². The number of nitrogens with one attached hydrogen (secondary N) is 1. The molecule has 0 saturated carbocycles.